The number of amides is 1. The molecule has 21 N–H and O–H groups in total. The Balaban J connectivity index is 1.23. The molecular weight excluding hydrogens is 806 g/mol. The maximum absolute atomic E-state index is 11.7. The second-order valence-electron chi connectivity index (χ2n) is 15.0. The van der Waals surface area contributed by atoms with Crippen molar-refractivity contribution in [3.8, 4) is 0 Å². The van der Waals surface area contributed by atoms with Crippen LogP contribution in [0.3, 0.4) is 0 Å². The van der Waals surface area contributed by atoms with Crippen LogP contribution in [0, 0.1) is 0 Å². The Morgan fingerprint density at radius 2 is 0.746 bits per heavy atom. The fourth-order valence-electron chi connectivity index (χ4n) is 7.62. The molecule has 27 nitrogen and oxygen atoms in total. The van der Waals surface area contributed by atoms with Crippen molar-refractivity contribution in [2.24, 2.45) is 22.9 Å². The van der Waals surface area contributed by atoms with Gasteiger partial charge < -0.3 is 132 Å². The molecular formula is C32H59N5O22. The lowest BCUT2D eigenvalue weighted by Crippen LogP contribution is -2.71. The van der Waals surface area contributed by atoms with Gasteiger partial charge in [-0.1, -0.05) is 0 Å². The zero-order chi connectivity index (χ0) is 43.6. The van der Waals surface area contributed by atoms with Crippen LogP contribution in [0.5, 0.6) is 0 Å². The summed E-state index contributed by atoms with van der Waals surface area (Å²) in [6.45, 7) is -2.86. The highest BCUT2D eigenvalue weighted by Gasteiger charge is 2.55. The molecule has 0 radical (unpaired) electrons. The van der Waals surface area contributed by atoms with Crippen molar-refractivity contribution in [1.29, 1.82) is 0 Å². The molecule has 0 spiro atoms. The van der Waals surface area contributed by atoms with Crippen LogP contribution in [-0.4, -0.2) is 253 Å². The van der Waals surface area contributed by atoms with Gasteiger partial charge in [0.1, 0.15) is 97.6 Å². The molecule has 1 unspecified atom stereocenters. The van der Waals surface area contributed by atoms with Crippen LogP contribution >= 0.6 is 0 Å². The van der Waals surface area contributed by atoms with Crippen LogP contribution in [0.4, 0.5) is 0 Å². The number of aliphatic hydroxyl groups excluding tert-OH is 12. The van der Waals surface area contributed by atoms with E-state index < -0.39 is 192 Å². The second-order valence-corrected chi connectivity index (χ2v) is 15.0. The van der Waals surface area contributed by atoms with Crippen LogP contribution in [0.25, 0.3) is 0 Å². The van der Waals surface area contributed by atoms with Crippen molar-refractivity contribution in [3.63, 3.8) is 0 Å². The number of hydrogen-bond donors (Lipinski definition) is 17. The number of carbonyl (C=O) groups excluding carboxylic acids is 1. The fourth-order valence-corrected chi connectivity index (χ4v) is 7.62. The van der Waals surface area contributed by atoms with Crippen LogP contribution in [0.1, 0.15) is 6.92 Å². The lowest BCUT2D eigenvalue weighted by Gasteiger charge is -2.50. The van der Waals surface area contributed by atoms with E-state index in [1.165, 1.54) is 0 Å². The summed E-state index contributed by atoms with van der Waals surface area (Å²) in [5.74, 6) is -0.631. The van der Waals surface area contributed by atoms with Gasteiger partial charge in [0.25, 0.3) is 0 Å². The molecule has 59 heavy (non-hydrogen) atoms. The maximum Gasteiger partial charge on any atom is 0.217 e. The van der Waals surface area contributed by atoms with E-state index in [9.17, 15) is 66.1 Å². The van der Waals surface area contributed by atoms with E-state index >= 15 is 0 Å². The summed E-state index contributed by atoms with van der Waals surface area (Å²) >= 11 is 0. The number of hydrogen-bond acceptors (Lipinski definition) is 26. The van der Waals surface area contributed by atoms with Gasteiger partial charge in [0, 0.05) is 6.92 Å². The zero-order valence-corrected chi connectivity index (χ0v) is 31.7. The Morgan fingerprint density at radius 3 is 1.07 bits per heavy atom. The molecule has 0 aromatic heterocycles. The van der Waals surface area contributed by atoms with Crippen molar-refractivity contribution < 1.29 is 109 Å². The second kappa shape index (κ2) is 20.8. The summed E-state index contributed by atoms with van der Waals surface area (Å²) in [5, 5.41) is 128. The predicted octanol–water partition coefficient (Wildman–Crippen LogP) is -11.9. The number of nitrogens with two attached hydrogens (primary N) is 4. The number of rotatable bonds is 14. The van der Waals surface area contributed by atoms with Crippen LogP contribution in [0.2, 0.25) is 0 Å². The third kappa shape index (κ3) is 10.2. The topological polar surface area (TPSA) is 459 Å². The highest BCUT2D eigenvalue weighted by molar-refractivity contribution is 5.73. The normalized spacial score (nSPS) is 51.0. The monoisotopic (exact) mass is 865 g/mol. The van der Waals surface area contributed by atoms with Crippen molar-refractivity contribution in [1.82, 2.24) is 5.32 Å². The van der Waals surface area contributed by atoms with E-state index in [4.69, 9.17) is 65.6 Å². The fraction of sp³-hybridized carbons (Fsp3) is 0.969. The number of ether oxygens (including phenoxy) is 9. The summed E-state index contributed by atoms with van der Waals surface area (Å²) in [6, 6.07) is -7.30. The largest absolute Gasteiger partial charge is 0.394 e. The quantitative estimate of drug-likeness (QED) is 0.0771. The molecule has 5 aliphatic heterocycles. The van der Waals surface area contributed by atoms with E-state index in [0.29, 0.717) is 0 Å². The smallest absolute Gasteiger partial charge is 0.217 e. The van der Waals surface area contributed by atoms with Crippen LogP contribution in [-0.2, 0) is 47.4 Å². The van der Waals surface area contributed by atoms with Gasteiger partial charge in [-0.2, -0.15) is 0 Å². The Kier molecular flexibility index (Phi) is 17.1. The maximum atomic E-state index is 11.7. The highest BCUT2D eigenvalue weighted by Crippen LogP contribution is 2.34. The Morgan fingerprint density at radius 1 is 0.458 bits per heavy atom. The Labute approximate surface area is 336 Å². The lowest BCUT2D eigenvalue weighted by atomic mass is 9.93. The van der Waals surface area contributed by atoms with Gasteiger partial charge in [-0.25, -0.2) is 0 Å². The van der Waals surface area contributed by atoms with E-state index in [-0.39, 0.29) is 0 Å². The number of carbonyl (C=O) groups is 1. The molecule has 5 fully saturated rings. The third-order valence-electron chi connectivity index (χ3n) is 11.0. The van der Waals surface area contributed by atoms with Crippen molar-refractivity contribution in [2.75, 3.05) is 33.0 Å². The van der Waals surface area contributed by atoms with Gasteiger partial charge in [-0.05, 0) is 0 Å². The van der Waals surface area contributed by atoms with Crippen molar-refractivity contribution in [2.45, 2.75) is 160 Å². The first-order chi connectivity index (χ1) is 27.9. The number of aliphatic hydroxyl groups is 12. The average molecular weight is 866 g/mol. The summed E-state index contributed by atoms with van der Waals surface area (Å²) in [6.07, 6.45) is -31.2. The van der Waals surface area contributed by atoms with E-state index in [2.05, 4.69) is 5.32 Å². The van der Waals surface area contributed by atoms with E-state index in [0.717, 1.165) is 6.92 Å². The zero-order valence-electron chi connectivity index (χ0n) is 31.7. The van der Waals surface area contributed by atoms with E-state index in [1.54, 1.807) is 0 Å². The minimum absolute atomic E-state index is 0.631. The third-order valence-corrected chi connectivity index (χ3v) is 11.0. The minimum Gasteiger partial charge on any atom is -0.394 e. The summed E-state index contributed by atoms with van der Waals surface area (Å²) in [7, 11) is 0. The van der Waals surface area contributed by atoms with Crippen LogP contribution < -0.4 is 28.3 Å². The first kappa shape index (κ1) is 48.5. The van der Waals surface area contributed by atoms with Crippen molar-refractivity contribution in [3.05, 3.63) is 0 Å². The molecule has 0 aromatic rings. The molecule has 25 atom stereocenters. The molecule has 5 rings (SSSR count). The predicted molar refractivity (Wildman–Crippen MR) is 186 cm³/mol. The molecule has 5 saturated heterocycles. The van der Waals surface area contributed by atoms with E-state index in [1.807, 2.05) is 0 Å². The van der Waals surface area contributed by atoms with Gasteiger partial charge in [0.15, 0.2) is 31.5 Å². The lowest BCUT2D eigenvalue weighted by molar-refractivity contribution is -0.364. The van der Waals surface area contributed by atoms with Gasteiger partial charge in [0.05, 0.1) is 57.2 Å². The molecule has 5 heterocycles. The first-order valence-corrected chi connectivity index (χ1v) is 18.9. The van der Waals surface area contributed by atoms with Gasteiger partial charge in [0.2, 0.25) is 5.91 Å². The Hall–Kier alpha value is -1.53. The molecule has 344 valence electrons. The van der Waals surface area contributed by atoms with Crippen molar-refractivity contribution >= 4 is 5.91 Å². The molecule has 0 bridgehead atoms. The summed E-state index contributed by atoms with van der Waals surface area (Å²) < 4.78 is 51.4. The van der Waals surface area contributed by atoms with Gasteiger partial charge >= 0.3 is 0 Å². The molecule has 1 amide bonds. The average Bonchev–Trinajstić information content (AvgIpc) is 3.21. The summed E-state index contributed by atoms with van der Waals surface area (Å²) in [4.78, 5) is 11.7. The van der Waals surface area contributed by atoms with Gasteiger partial charge in [-0.3, -0.25) is 4.79 Å². The molecule has 27 heteroatoms. The van der Waals surface area contributed by atoms with Crippen LogP contribution in [0.15, 0.2) is 0 Å². The Bertz CT molecular complexity index is 1330. The summed E-state index contributed by atoms with van der Waals surface area (Å²) in [5.41, 5.74) is 24.7. The van der Waals surface area contributed by atoms with Gasteiger partial charge in [-0.15, -0.1) is 0 Å². The molecule has 0 aliphatic carbocycles. The minimum atomic E-state index is -1.76. The first-order valence-electron chi connectivity index (χ1n) is 18.9. The molecule has 5 aliphatic rings. The number of nitrogens with one attached hydrogen (secondary N) is 1. The SMILES string of the molecule is CC(=O)N[C@H]1C(O)O[C@H](CO)[C@@H](O[C@@H]2O[C@H](CO)[C@@H](O[C@@H]3O[C@H](CO)[C@@H](O[C@@H]4O[C@H](CO)[C@@H](O[C@@H]5O[C@H](CO)[C@@H](O)[C@H](O)[C@H]5N)[C@H](O)[C@H]4N)[C@H](O)[C@H]3N)[C@H](O)[C@H]2N)[C@@H]1O. The molecule has 0 aromatic carbocycles. The molecule has 0 saturated carbocycles. The highest BCUT2D eigenvalue weighted by atomic mass is 16.8. The standard InChI is InChI=1S/C32H59N5O22/c1-7(43)37-17-23(49)27(9(3-39)51-28(17)50)59-32-16(36)22(48)26(12(6-42)55-32)58-31-15(35)21(47)25(11(5-41)54-31)57-30-14(34)20(46)24(10(4-40)53-30)56-29-13(33)19(45)18(44)8(2-38)52-29/h8-32,38-42,44-50H,2-6,33-36H2,1H3,(H,37,43)/t8-,9-,10-,11-,12-,13-,14-,15-,16-,17-,18-,19-,20-,21-,22-,23-,24-,25-,26-,27-,28?,29+,30+,31+,32+/m1/s1.